The van der Waals surface area contributed by atoms with Crippen LogP contribution in [-0.4, -0.2) is 52.6 Å². The van der Waals surface area contributed by atoms with Crippen molar-refractivity contribution in [3.05, 3.63) is 29.8 Å². The fourth-order valence-electron chi connectivity index (χ4n) is 2.57. The molecular weight excluding hydrogens is 455 g/mol. The van der Waals surface area contributed by atoms with Crippen LogP contribution < -0.4 is 10.5 Å². The Hall–Kier alpha value is -0.910. The topological polar surface area (TPSA) is 97.0 Å². The summed E-state index contributed by atoms with van der Waals surface area (Å²) in [4.78, 5) is 6.71. The molecule has 0 spiro atoms. The average Bonchev–Trinajstić information content (AvgIpc) is 2.61. The van der Waals surface area contributed by atoms with Crippen LogP contribution in [0.4, 0.5) is 0 Å². The van der Waals surface area contributed by atoms with Gasteiger partial charge in [0, 0.05) is 26.7 Å². The first-order chi connectivity index (χ1) is 11.5. The summed E-state index contributed by atoms with van der Waals surface area (Å²) < 4.78 is 31.8. The van der Waals surface area contributed by atoms with Crippen LogP contribution in [0.25, 0.3) is 0 Å². The summed E-state index contributed by atoms with van der Waals surface area (Å²) in [7, 11) is -2.01. The molecular formula is C16H27IN4O3S. The maximum Gasteiger partial charge on any atom is 0.240 e. The Morgan fingerprint density at radius 2 is 2.04 bits per heavy atom. The number of likely N-dealkylation sites (tertiary alicyclic amines) is 1. The van der Waals surface area contributed by atoms with Crippen molar-refractivity contribution in [2.75, 3.05) is 33.4 Å². The van der Waals surface area contributed by atoms with Crippen molar-refractivity contribution in [1.29, 1.82) is 0 Å². The van der Waals surface area contributed by atoms with Gasteiger partial charge in [0.25, 0.3) is 0 Å². The van der Waals surface area contributed by atoms with E-state index >= 15 is 0 Å². The number of ether oxygens (including phenoxy) is 1. The number of benzene rings is 1. The van der Waals surface area contributed by atoms with Crippen molar-refractivity contribution in [2.45, 2.75) is 30.7 Å². The number of sulfonamides is 1. The monoisotopic (exact) mass is 482 g/mol. The number of aliphatic imine (C=N–C) groups is 1. The highest BCUT2D eigenvalue weighted by atomic mass is 127. The van der Waals surface area contributed by atoms with Crippen LogP contribution >= 0.6 is 24.0 Å². The van der Waals surface area contributed by atoms with Gasteiger partial charge in [-0.2, -0.15) is 0 Å². The summed E-state index contributed by atoms with van der Waals surface area (Å²) in [6.45, 7) is 2.81. The van der Waals surface area contributed by atoms with E-state index < -0.39 is 10.0 Å². The zero-order chi connectivity index (χ0) is 17.4. The summed E-state index contributed by atoms with van der Waals surface area (Å²) in [5.74, 6) is 0.529. The lowest BCUT2D eigenvalue weighted by Crippen LogP contribution is -2.40. The third-order valence-corrected chi connectivity index (χ3v) is 5.37. The predicted molar refractivity (Wildman–Crippen MR) is 110 cm³/mol. The van der Waals surface area contributed by atoms with E-state index in [9.17, 15) is 8.42 Å². The van der Waals surface area contributed by atoms with E-state index in [2.05, 4.69) is 14.6 Å². The highest BCUT2D eigenvalue weighted by Crippen LogP contribution is 2.13. The molecule has 2 rings (SSSR count). The van der Waals surface area contributed by atoms with Crippen LogP contribution in [0, 0.1) is 0 Å². The van der Waals surface area contributed by atoms with Gasteiger partial charge >= 0.3 is 0 Å². The lowest BCUT2D eigenvalue weighted by molar-refractivity contribution is 0.204. The van der Waals surface area contributed by atoms with Gasteiger partial charge in [0.1, 0.15) is 0 Å². The Balaban J connectivity index is 0.00000312. The van der Waals surface area contributed by atoms with E-state index in [0.717, 1.165) is 31.5 Å². The Labute approximate surface area is 167 Å². The van der Waals surface area contributed by atoms with Gasteiger partial charge < -0.3 is 15.4 Å². The molecule has 1 heterocycles. The highest BCUT2D eigenvalue weighted by Gasteiger charge is 2.14. The lowest BCUT2D eigenvalue weighted by atomic mass is 10.1. The summed E-state index contributed by atoms with van der Waals surface area (Å²) in [6.07, 6.45) is 3.51. The van der Waals surface area contributed by atoms with Crippen molar-refractivity contribution >= 4 is 40.0 Å². The number of nitrogens with zero attached hydrogens (tertiary/aromatic N) is 2. The van der Waals surface area contributed by atoms with Crippen molar-refractivity contribution in [3.63, 3.8) is 0 Å². The van der Waals surface area contributed by atoms with E-state index in [-0.39, 0.29) is 35.4 Å². The molecule has 1 fully saturated rings. The SMILES string of the molecule is COCCNS(=O)(=O)c1cccc(CN=C(N)N2CCCCC2)c1.I. The molecule has 0 bridgehead atoms. The van der Waals surface area contributed by atoms with Crippen LogP contribution in [0.2, 0.25) is 0 Å². The van der Waals surface area contributed by atoms with Gasteiger partial charge in [0.15, 0.2) is 5.96 Å². The van der Waals surface area contributed by atoms with E-state index in [1.54, 1.807) is 18.2 Å². The molecule has 7 nitrogen and oxygen atoms in total. The van der Waals surface area contributed by atoms with Gasteiger partial charge in [-0.05, 0) is 37.0 Å². The Morgan fingerprint density at radius 3 is 2.72 bits per heavy atom. The standard InChI is InChI=1S/C16H26N4O3S.HI/c1-23-11-8-19-24(21,22)15-7-5-6-14(12-15)13-18-16(17)20-9-3-2-4-10-20;/h5-7,12,19H,2-4,8-11,13H2,1H3,(H2,17,18);1H. The van der Waals surface area contributed by atoms with Crippen LogP contribution in [-0.2, 0) is 21.3 Å². The largest absolute Gasteiger partial charge is 0.383 e. The number of halogens is 1. The highest BCUT2D eigenvalue weighted by molar-refractivity contribution is 14.0. The fraction of sp³-hybridized carbons (Fsp3) is 0.562. The van der Waals surface area contributed by atoms with E-state index in [4.69, 9.17) is 10.5 Å². The van der Waals surface area contributed by atoms with Crippen molar-refractivity contribution in [2.24, 2.45) is 10.7 Å². The molecule has 0 aromatic heterocycles. The minimum Gasteiger partial charge on any atom is -0.383 e. The first kappa shape index (κ1) is 22.1. The molecule has 1 aliphatic rings. The summed E-state index contributed by atoms with van der Waals surface area (Å²) in [5, 5.41) is 0. The number of nitrogens with one attached hydrogen (secondary N) is 1. The second kappa shape index (κ2) is 10.9. The molecule has 1 aromatic carbocycles. The predicted octanol–water partition coefficient (Wildman–Crippen LogP) is 1.53. The number of nitrogens with two attached hydrogens (primary N) is 1. The van der Waals surface area contributed by atoms with Crippen LogP contribution in [0.3, 0.4) is 0 Å². The number of guanidine groups is 1. The number of rotatable bonds is 7. The van der Waals surface area contributed by atoms with E-state index in [1.165, 1.54) is 13.5 Å². The molecule has 3 N–H and O–H groups in total. The van der Waals surface area contributed by atoms with Crippen LogP contribution in [0.15, 0.2) is 34.2 Å². The minimum absolute atomic E-state index is 0. The molecule has 0 atom stereocenters. The van der Waals surface area contributed by atoms with Gasteiger partial charge in [0.2, 0.25) is 10.0 Å². The molecule has 0 radical (unpaired) electrons. The maximum atomic E-state index is 12.2. The van der Waals surface area contributed by atoms with Gasteiger partial charge in [-0.15, -0.1) is 24.0 Å². The van der Waals surface area contributed by atoms with Crippen molar-refractivity contribution in [1.82, 2.24) is 9.62 Å². The number of hydrogen-bond donors (Lipinski definition) is 2. The number of piperidine rings is 1. The summed E-state index contributed by atoms with van der Waals surface area (Å²) >= 11 is 0. The third-order valence-electron chi connectivity index (χ3n) is 3.91. The molecule has 0 unspecified atom stereocenters. The van der Waals surface area contributed by atoms with Crippen LogP contribution in [0.5, 0.6) is 0 Å². The van der Waals surface area contributed by atoms with Crippen LogP contribution in [0.1, 0.15) is 24.8 Å². The summed E-state index contributed by atoms with van der Waals surface area (Å²) in [6, 6.07) is 6.76. The molecule has 0 saturated carbocycles. The van der Waals surface area contributed by atoms with Gasteiger partial charge in [-0.1, -0.05) is 12.1 Å². The number of methoxy groups -OCH3 is 1. The molecule has 1 aliphatic heterocycles. The molecule has 9 heteroatoms. The van der Waals surface area contributed by atoms with Gasteiger partial charge in [-0.3, -0.25) is 0 Å². The smallest absolute Gasteiger partial charge is 0.240 e. The summed E-state index contributed by atoms with van der Waals surface area (Å²) in [5.41, 5.74) is 6.84. The van der Waals surface area contributed by atoms with Gasteiger partial charge in [-0.25, -0.2) is 18.1 Å². The van der Waals surface area contributed by atoms with E-state index in [0.29, 0.717) is 19.1 Å². The molecule has 25 heavy (non-hydrogen) atoms. The maximum absolute atomic E-state index is 12.2. The first-order valence-electron chi connectivity index (χ1n) is 8.15. The minimum atomic E-state index is -3.53. The average molecular weight is 482 g/mol. The Kier molecular flexibility index (Phi) is 9.69. The molecule has 0 aliphatic carbocycles. The third kappa shape index (κ3) is 7.08. The van der Waals surface area contributed by atoms with Crippen molar-refractivity contribution < 1.29 is 13.2 Å². The normalized spacial score (nSPS) is 15.7. The second-order valence-corrected chi connectivity index (χ2v) is 7.53. The van der Waals surface area contributed by atoms with Crippen molar-refractivity contribution in [3.8, 4) is 0 Å². The zero-order valence-electron chi connectivity index (χ0n) is 14.5. The fourth-order valence-corrected chi connectivity index (χ4v) is 3.65. The van der Waals surface area contributed by atoms with E-state index in [1.807, 2.05) is 6.07 Å². The Bertz CT molecular complexity index is 661. The molecule has 142 valence electrons. The second-order valence-electron chi connectivity index (χ2n) is 5.76. The zero-order valence-corrected chi connectivity index (χ0v) is 17.6. The quantitative estimate of drug-likeness (QED) is 0.266. The molecule has 1 saturated heterocycles. The molecule has 1 aromatic rings. The van der Waals surface area contributed by atoms with Gasteiger partial charge in [0.05, 0.1) is 18.0 Å². The molecule has 0 amide bonds. The lowest BCUT2D eigenvalue weighted by Gasteiger charge is -2.27. The number of hydrogen-bond acceptors (Lipinski definition) is 4. The Morgan fingerprint density at radius 1 is 1.32 bits per heavy atom. The first-order valence-corrected chi connectivity index (χ1v) is 9.63.